The molecule has 16 N–H and O–H groups in total. The molecule has 1 aliphatic heterocycles. The molecule has 0 bridgehead atoms. The van der Waals surface area contributed by atoms with Crippen LogP contribution in [-0.2, 0) is 70.4 Å². The number of carbonyl (C=O) groups is 12. The minimum Gasteiger partial charge on any atom is -0.508 e. The molecular formula is C56H83N11O17. The van der Waals surface area contributed by atoms with Gasteiger partial charge in [0.1, 0.15) is 60.1 Å². The number of amides is 10. The van der Waals surface area contributed by atoms with Crippen molar-refractivity contribution in [3.8, 4) is 5.75 Å². The van der Waals surface area contributed by atoms with Gasteiger partial charge in [0.05, 0.1) is 25.3 Å². The quantitative estimate of drug-likeness (QED) is 0.0343. The number of rotatable bonds is 33. The molecule has 0 saturated carbocycles. The first-order valence-electron chi connectivity index (χ1n) is 27.7. The van der Waals surface area contributed by atoms with Crippen molar-refractivity contribution < 1.29 is 83.1 Å². The summed E-state index contributed by atoms with van der Waals surface area (Å²) in [6.07, 6.45) is -2.12. The molecule has 1 fully saturated rings. The Morgan fingerprint density at radius 2 is 1.15 bits per heavy atom. The van der Waals surface area contributed by atoms with E-state index in [4.69, 9.17) is 5.73 Å². The van der Waals surface area contributed by atoms with Crippen molar-refractivity contribution in [3.63, 3.8) is 0 Å². The molecule has 0 aliphatic carbocycles. The summed E-state index contributed by atoms with van der Waals surface area (Å²) in [6, 6.07) is 0.706. The Labute approximate surface area is 486 Å². The number of hydrogen-bond acceptors (Lipinski definition) is 16. The Hall–Kier alpha value is -8.24. The highest BCUT2D eigenvalue weighted by Crippen LogP contribution is 2.22. The maximum absolute atomic E-state index is 14.0. The molecule has 11 atom stereocenters. The lowest BCUT2D eigenvalue weighted by molar-refractivity contribution is -0.143. The van der Waals surface area contributed by atoms with Gasteiger partial charge < -0.3 is 84.0 Å². The van der Waals surface area contributed by atoms with Gasteiger partial charge in [-0.2, -0.15) is 0 Å². The second-order valence-corrected chi connectivity index (χ2v) is 21.9. The summed E-state index contributed by atoms with van der Waals surface area (Å²) in [6.45, 7) is 10.7. The predicted octanol–water partition coefficient (Wildman–Crippen LogP) is -2.81. The van der Waals surface area contributed by atoms with E-state index in [1.165, 1.54) is 30.9 Å². The van der Waals surface area contributed by atoms with Crippen LogP contribution in [0.15, 0.2) is 54.6 Å². The van der Waals surface area contributed by atoms with Crippen LogP contribution in [0.2, 0.25) is 0 Å². The number of phenols is 1. The third-order valence-electron chi connectivity index (χ3n) is 13.6. The molecule has 2 aromatic rings. The van der Waals surface area contributed by atoms with Crippen LogP contribution in [0.3, 0.4) is 0 Å². The molecule has 464 valence electrons. The number of phenolic OH excluding ortho intramolecular Hbond substituents is 1. The van der Waals surface area contributed by atoms with Crippen LogP contribution in [0.4, 0.5) is 0 Å². The lowest BCUT2D eigenvalue weighted by atomic mass is 9.99. The van der Waals surface area contributed by atoms with Crippen molar-refractivity contribution in [2.24, 2.45) is 23.5 Å². The first kappa shape index (κ1) is 70.0. The van der Waals surface area contributed by atoms with Crippen LogP contribution < -0.4 is 53.6 Å². The van der Waals surface area contributed by atoms with E-state index in [0.29, 0.717) is 17.5 Å². The topological polar surface area (TPSA) is 444 Å². The Morgan fingerprint density at radius 1 is 0.595 bits per heavy atom. The van der Waals surface area contributed by atoms with Gasteiger partial charge in [0.2, 0.25) is 59.1 Å². The van der Waals surface area contributed by atoms with E-state index < -0.39 is 175 Å². The number of nitrogens with one attached hydrogen (secondary N) is 9. The minimum absolute atomic E-state index is 0.00109. The second kappa shape index (κ2) is 33.8. The van der Waals surface area contributed by atoms with Gasteiger partial charge in [-0.25, -0.2) is 4.79 Å². The highest BCUT2D eigenvalue weighted by Gasteiger charge is 2.42. The molecule has 1 saturated heterocycles. The average Bonchev–Trinajstić information content (AvgIpc) is 3.69. The van der Waals surface area contributed by atoms with E-state index in [-0.39, 0.29) is 43.9 Å². The monoisotopic (exact) mass is 1180 g/mol. The molecule has 1 heterocycles. The van der Waals surface area contributed by atoms with Crippen LogP contribution in [0, 0.1) is 17.8 Å². The summed E-state index contributed by atoms with van der Waals surface area (Å²) in [7, 11) is 0. The normalized spacial score (nSPS) is 16.6. The summed E-state index contributed by atoms with van der Waals surface area (Å²) in [4.78, 5) is 160. The van der Waals surface area contributed by atoms with E-state index in [1.54, 1.807) is 84.0 Å². The fourth-order valence-electron chi connectivity index (χ4n) is 8.89. The van der Waals surface area contributed by atoms with E-state index in [2.05, 4.69) is 47.9 Å². The van der Waals surface area contributed by atoms with Gasteiger partial charge in [-0.05, 0) is 87.0 Å². The number of nitrogens with zero attached hydrogens (tertiary/aromatic N) is 1. The van der Waals surface area contributed by atoms with Crippen LogP contribution in [0.5, 0.6) is 5.75 Å². The second-order valence-electron chi connectivity index (χ2n) is 21.9. The zero-order chi connectivity index (χ0) is 63.1. The number of carboxylic acid groups (broad SMARTS) is 2. The highest BCUT2D eigenvalue weighted by molar-refractivity contribution is 5.99. The molecular weight excluding hydrogens is 1100 g/mol. The number of hydrogen-bond donors (Lipinski definition) is 15. The first-order chi connectivity index (χ1) is 39.4. The Kier molecular flexibility index (Phi) is 28.1. The summed E-state index contributed by atoms with van der Waals surface area (Å²) >= 11 is 0. The summed E-state index contributed by atoms with van der Waals surface area (Å²) in [5.74, 6) is -12.9. The number of aliphatic hydroxyl groups is 2. The van der Waals surface area contributed by atoms with Gasteiger partial charge in [-0.1, -0.05) is 84.0 Å². The maximum Gasteiger partial charge on any atom is 0.326 e. The van der Waals surface area contributed by atoms with Crippen molar-refractivity contribution in [2.45, 2.75) is 167 Å². The molecule has 84 heavy (non-hydrogen) atoms. The van der Waals surface area contributed by atoms with E-state index in [0.717, 1.165) is 0 Å². The third-order valence-corrected chi connectivity index (χ3v) is 13.6. The fraction of sp³-hybridized carbons (Fsp3) is 0.571. The molecule has 0 spiro atoms. The zero-order valence-corrected chi connectivity index (χ0v) is 48.5. The van der Waals surface area contributed by atoms with E-state index in [1.807, 2.05) is 0 Å². The number of aliphatic hydroxyl groups excluding tert-OH is 2. The first-order valence-corrected chi connectivity index (χ1v) is 27.7. The Bertz CT molecular complexity index is 2620. The molecule has 0 aromatic heterocycles. The molecule has 2 aromatic carbocycles. The SMILES string of the molecule is CC(C)C[C@H](NC(=O)[C@@H](NC(=O)[C@@H]1CCCN1C(=O)[C@@H](NC(=O)[C@@H](N)Cc1ccc(O)cc1)C(C)C)[C@@H](C)O)C(=O)N[C@H](C(=O)NCC(=O)N[C@@H](CO)C(=O)N[C@@H](CCC(=O)O)C(=O)N[C@@H](C)C(=O)N[C@@H](Cc1ccccc1)C(=O)O)C(C)C. The average molecular weight is 1180 g/mol. The number of aromatic hydroxyl groups is 1. The van der Waals surface area contributed by atoms with Crippen molar-refractivity contribution in [1.82, 2.24) is 52.8 Å². The molecule has 1 aliphatic rings. The number of nitrogens with two attached hydrogens (primary N) is 1. The van der Waals surface area contributed by atoms with Crippen LogP contribution in [0.25, 0.3) is 0 Å². The Morgan fingerprint density at radius 3 is 1.71 bits per heavy atom. The maximum atomic E-state index is 14.0. The van der Waals surface area contributed by atoms with Crippen molar-refractivity contribution in [1.29, 1.82) is 0 Å². The third kappa shape index (κ3) is 22.5. The molecule has 28 nitrogen and oxygen atoms in total. The smallest absolute Gasteiger partial charge is 0.326 e. The summed E-state index contributed by atoms with van der Waals surface area (Å²) in [5.41, 5.74) is 7.45. The van der Waals surface area contributed by atoms with Crippen LogP contribution in [0.1, 0.15) is 98.6 Å². The molecule has 10 amide bonds. The minimum atomic E-state index is -1.77. The van der Waals surface area contributed by atoms with Gasteiger partial charge >= 0.3 is 11.9 Å². The van der Waals surface area contributed by atoms with Crippen LogP contribution >= 0.6 is 0 Å². The number of benzene rings is 2. The van der Waals surface area contributed by atoms with Gasteiger partial charge in [-0.3, -0.25) is 52.7 Å². The van der Waals surface area contributed by atoms with Gasteiger partial charge in [0.15, 0.2) is 0 Å². The van der Waals surface area contributed by atoms with Gasteiger partial charge in [-0.15, -0.1) is 0 Å². The number of carboxylic acids is 2. The largest absolute Gasteiger partial charge is 0.508 e. The zero-order valence-electron chi connectivity index (χ0n) is 48.5. The fourth-order valence-corrected chi connectivity index (χ4v) is 8.89. The summed E-state index contributed by atoms with van der Waals surface area (Å²) in [5, 5.41) is 71.3. The van der Waals surface area contributed by atoms with Gasteiger partial charge in [0, 0.05) is 19.4 Å². The number of aliphatic carboxylic acids is 2. The van der Waals surface area contributed by atoms with Gasteiger partial charge in [0.25, 0.3) is 0 Å². The van der Waals surface area contributed by atoms with Crippen molar-refractivity contribution in [3.05, 3.63) is 65.7 Å². The standard InChI is InChI=1S/C56H83N11O17/c1-28(2)23-38(62-54(81)46(32(8)69)66-52(79)41-15-12-22-67(41)55(82)45(30(5)6)65-48(75)36(57)24-34-16-18-35(70)19-17-34)50(77)64-44(29(3)4)53(80)58-26-42(71)60-40(27-68)51(78)61-37(20-21-43(72)73)49(76)59-31(7)47(74)63-39(56(83)84)25-33-13-10-9-11-14-33/h9-11,13-14,16-19,28-32,36-41,44-46,68-70H,12,15,20-27,57H2,1-8H3,(H,58,80)(H,59,76)(H,60,71)(H,61,78)(H,62,81)(H,63,74)(H,64,77)(H,65,75)(H,66,79)(H,72,73)(H,83,84)/t31-,32+,36-,37-,38-,39-,40-,41-,44-,45-,46-/m0/s1. The van der Waals surface area contributed by atoms with E-state index >= 15 is 0 Å². The molecule has 3 rings (SSSR count). The lowest BCUT2D eigenvalue weighted by Crippen LogP contribution is -2.62. The number of likely N-dealkylation sites (tertiary alicyclic amines) is 1. The molecule has 28 heteroatoms. The number of carbonyl (C=O) groups excluding carboxylic acids is 10. The van der Waals surface area contributed by atoms with Crippen LogP contribution in [-0.4, -0.2) is 188 Å². The molecule has 0 radical (unpaired) electrons. The van der Waals surface area contributed by atoms with E-state index in [9.17, 15) is 83.1 Å². The van der Waals surface area contributed by atoms with Crippen molar-refractivity contribution >= 4 is 71.0 Å². The highest BCUT2D eigenvalue weighted by atomic mass is 16.4. The predicted molar refractivity (Wildman–Crippen MR) is 301 cm³/mol. The summed E-state index contributed by atoms with van der Waals surface area (Å²) < 4.78 is 0. The molecule has 0 unspecified atom stereocenters. The van der Waals surface area contributed by atoms with Crippen molar-refractivity contribution in [2.75, 3.05) is 19.7 Å². The lowest BCUT2D eigenvalue weighted by Gasteiger charge is -2.32. The Balaban J connectivity index is 1.64.